The molecule has 2 aromatic rings. The number of hydrogen-bond donors (Lipinski definition) is 0. The minimum absolute atomic E-state index is 0.0692. The van der Waals surface area contributed by atoms with Gasteiger partial charge in [-0.05, 0) is 79.0 Å². The number of aryl methyl sites for hydroxylation is 3. The van der Waals surface area contributed by atoms with Gasteiger partial charge in [0.2, 0.25) is 0 Å². The van der Waals surface area contributed by atoms with E-state index in [0.29, 0.717) is 23.5 Å². The van der Waals surface area contributed by atoms with Crippen molar-refractivity contribution in [3.05, 3.63) is 69.8 Å². The van der Waals surface area contributed by atoms with Gasteiger partial charge in [0.1, 0.15) is 0 Å². The average Bonchev–Trinajstić information content (AvgIpc) is 2.73. The van der Waals surface area contributed by atoms with E-state index < -0.39 is 23.3 Å². The summed E-state index contributed by atoms with van der Waals surface area (Å²) in [6, 6.07) is 6.40. The number of hydrogen-bond acceptors (Lipinski definition) is 0. The van der Waals surface area contributed by atoms with Gasteiger partial charge in [0.15, 0.2) is 23.3 Å². The lowest BCUT2D eigenvalue weighted by molar-refractivity contribution is 0.302. The maximum Gasteiger partial charge on any atom is 0.162 e. The molecule has 0 spiro atoms. The van der Waals surface area contributed by atoms with Crippen molar-refractivity contribution in [2.24, 2.45) is 5.92 Å². The zero-order chi connectivity index (χ0) is 21.0. The summed E-state index contributed by atoms with van der Waals surface area (Å²) in [6.45, 7) is 3.94. The minimum Gasteiger partial charge on any atom is -0.203 e. The third kappa shape index (κ3) is 4.84. The summed E-state index contributed by atoms with van der Waals surface area (Å²) < 4.78 is 57.6. The Kier molecular flexibility index (Phi) is 7.37. The van der Waals surface area contributed by atoms with Crippen molar-refractivity contribution in [3.63, 3.8) is 0 Å². The smallest absolute Gasteiger partial charge is 0.162 e. The molecule has 0 heterocycles. The van der Waals surface area contributed by atoms with Crippen LogP contribution in [0.2, 0.25) is 0 Å². The topological polar surface area (TPSA) is 0 Å². The first-order valence-electron chi connectivity index (χ1n) is 10.9. The SMILES string of the molecule is CCCC1CCC(c2ccc(CCc3ccc(CC)c(F)c3F)c(F)c2F)CC1. The molecule has 1 aliphatic rings. The normalized spacial score (nSPS) is 19.5. The largest absolute Gasteiger partial charge is 0.203 e. The van der Waals surface area contributed by atoms with E-state index in [-0.39, 0.29) is 29.9 Å². The van der Waals surface area contributed by atoms with E-state index in [1.165, 1.54) is 18.9 Å². The molecule has 0 saturated heterocycles. The fraction of sp³-hybridized carbons (Fsp3) is 0.520. The van der Waals surface area contributed by atoms with E-state index in [1.807, 2.05) is 0 Å². The molecule has 0 amide bonds. The minimum atomic E-state index is -0.884. The van der Waals surface area contributed by atoms with Gasteiger partial charge in [-0.15, -0.1) is 0 Å². The van der Waals surface area contributed by atoms with E-state index in [9.17, 15) is 17.6 Å². The van der Waals surface area contributed by atoms with Crippen molar-refractivity contribution in [2.45, 2.75) is 77.6 Å². The molecule has 0 radical (unpaired) electrons. The Balaban J connectivity index is 1.70. The van der Waals surface area contributed by atoms with Crippen molar-refractivity contribution < 1.29 is 17.6 Å². The number of halogens is 4. The second-order valence-corrected chi connectivity index (χ2v) is 8.31. The zero-order valence-electron chi connectivity index (χ0n) is 17.3. The Morgan fingerprint density at radius 3 is 1.79 bits per heavy atom. The van der Waals surface area contributed by atoms with Crippen LogP contribution in [0.15, 0.2) is 24.3 Å². The Hall–Kier alpha value is -1.84. The Morgan fingerprint density at radius 2 is 1.21 bits per heavy atom. The molecule has 0 aliphatic heterocycles. The van der Waals surface area contributed by atoms with E-state index in [0.717, 1.165) is 25.7 Å². The third-order valence-corrected chi connectivity index (χ3v) is 6.46. The number of benzene rings is 2. The van der Waals surface area contributed by atoms with Crippen LogP contribution >= 0.6 is 0 Å². The van der Waals surface area contributed by atoms with Crippen LogP contribution in [0, 0.1) is 29.2 Å². The van der Waals surface area contributed by atoms with Crippen LogP contribution in [0.4, 0.5) is 17.6 Å². The third-order valence-electron chi connectivity index (χ3n) is 6.46. The summed E-state index contributed by atoms with van der Waals surface area (Å²) in [6.07, 6.45) is 6.98. The maximum absolute atomic E-state index is 14.8. The molecule has 0 aromatic heterocycles. The van der Waals surface area contributed by atoms with E-state index in [1.54, 1.807) is 25.1 Å². The first-order valence-corrected chi connectivity index (χ1v) is 10.9. The summed E-state index contributed by atoms with van der Waals surface area (Å²) >= 11 is 0. The van der Waals surface area contributed by atoms with E-state index in [2.05, 4.69) is 6.92 Å². The predicted octanol–water partition coefficient (Wildman–Crippen LogP) is 7.66. The van der Waals surface area contributed by atoms with Gasteiger partial charge in [-0.2, -0.15) is 0 Å². The second kappa shape index (κ2) is 9.77. The van der Waals surface area contributed by atoms with Crippen LogP contribution in [-0.2, 0) is 19.3 Å². The molecule has 0 N–H and O–H groups in total. The molecule has 0 unspecified atom stereocenters. The molecular weight excluding hydrogens is 376 g/mol. The van der Waals surface area contributed by atoms with E-state index >= 15 is 0 Å². The first kappa shape index (κ1) is 21.9. The lowest BCUT2D eigenvalue weighted by atomic mass is 9.77. The molecule has 0 bridgehead atoms. The average molecular weight is 407 g/mol. The molecule has 4 heteroatoms. The number of rotatable bonds is 7. The van der Waals surface area contributed by atoms with Crippen LogP contribution in [0.1, 0.15) is 80.5 Å². The molecule has 1 fully saturated rings. The van der Waals surface area contributed by atoms with Gasteiger partial charge >= 0.3 is 0 Å². The Bertz CT molecular complexity index is 835. The lowest BCUT2D eigenvalue weighted by Gasteiger charge is -2.29. The Labute approximate surface area is 171 Å². The summed E-state index contributed by atoms with van der Waals surface area (Å²) in [4.78, 5) is 0. The van der Waals surface area contributed by atoms with Crippen LogP contribution < -0.4 is 0 Å². The zero-order valence-corrected chi connectivity index (χ0v) is 17.3. The van der Waals surface area contributed by atoms with Gasteiger partial charge < -0.3 is 0 Å². The van der Waals surface area contributed by atoms with Gasteiger partial charge in [-0.3, -0.25) is 0 Å². The van der Waals surface area contributed by atoms with Crippen molar-refractivity contribution in [1.29, 1.82) is 0 Å². The molecular formula is C25H30F4. The molecule has 0 atom stereocenters. The monoisotopic (exact) mass is 406 g/mol. The quantitative estimate of drug-likeness (QED) is 0.414. The van der Waals surface area contributed by atoms with E-state index in [4.69, 9.17) is 0 Å². The predicted molar refractivity (Wildman–Crippen MR) is 109 cm³/mol. The second-order valence-electron chi connectivity index (χ2n) is 8.31. The molecule has 2 aromatic carbocycles. The van der Waals surface area contributed by atoms with Gasteiger partial charge in [-0.1, -0.05) is 51.0 Å². The first-order chi connectivity index (χ1) is 14.0. The van der Waals surface area contributed by atoms with Gasteiger partial charge in [0.05, 0.1) is 0 Å². The molecule has 3 rings (SSSR count). The Morgan fingerprint density at radius 1 is 0.690 bits per heavy atom. The highest BCUT2D eigenvalue weighted by atomic mass is 19.2. The molecule has 0 nitrogen and oxygen atoms in total. The van der Waals surface area contributed by atoms with Crippen molar-refractivity contribution in [2.75, 3.05) is 0 Å². The fourth-order valence-electron chi connectivity index (χ4n) is 4.65. The van der Waals surface area contributed by atoms with Crippen LogP contribution in [0.5, 0.6) is 0 Å². The summed E-state index contributed by atoms with van der Waals surface area (Å²) in [7, 11) is 0. The molecule has 29 heavy (non-hydrogen) atoms. The highest BCUT2D eigenvalue weighted by molar-refractivity contribution is 5.31. The molecule has 158 valence electrons. The lowest BCUT2D eigenvalue weighted by Crippen LogP contribution is -2.15. The fourth-order valence-corrected chi connectivity index (χ4v) is 4.65. The standard InChI is InChI=1S/C25H30F4/c1-3-5-16-6-8-18(9-7-16)21-15-14-20(24(28)25(21)29)13-12-19-11-10-17(4-2)22(26)23(19)27/h10-11,14-16,18H,3-9,12-13H2,1-2H3. The van der Waals surface area contributed by atoms with Crippen LogP contribution in [0.25, 0.3) is 0 Å². The van der Waals surface area contributed by atoms with Crippen molar-refractivity contribution in [3.8, 4) is 0 Å². The summed E-state index contributed by atoms with van der Waals surface area (Å²) in [5.41, 5.74) is 1.19. The molecule has 1 aliphatic carbocycles. The van der Waals surface area contributed by atoms with Crippen molar-refractivity contribution >= 4 is 0 Å². The summed E-state index contributed by atoms with van der Waals surface area (Å²) in [5, 5.41) is 0. The summed E-state index contributed by atoms with van der Waals surface area (Å²) in [5.74, 6) is -2.56. The highest BCUT2D eigenvalue weighted by Crippen LogP contribution is 2.39. The maximum atomic E-state index is 14.8. The van der Waals surface area contributed by atoms with Crippen LogP contribution in [-0.4, -0.2) is 0 Å². The highest BCUT2D eigenvalue weighted by Gasteiger charge is 2.26. The van der Waals surface area contributed by atoms with Crippen molar-refractivity contribution in [1.82, 2.24) is 0 Å². The van der Waals surface area contributed by atoms with Gasteiger partial charge in [-0.25, -0.2) is 17.6 Å². The molecule has 1 saturated carbocycles. The van der Waals surface area contributed by atoms with Gasteiger partial charge in [0, 0.05) is 0 Å². The van der Waals surface area contributed by atoms with Crippen LogP contribution in [0.3, 0.4) is 0 Å². The van der Waals surface area contributed by atoms with Gasteiger partial charge in [0.25, 0.3) is 0 Å².